The number of amides is 1. The number of phosphoric ester groups is 1. The van der Waals surface area contributed by atoms with Gasteiger partial charge in [-0.15, -0.1) is 0 Å². The maximum atomic E-state index is 12.6. The van der Waals surface area contributed by atoms with Crippen molar-refractivity contribution in [2.45, 2.75) is 107 Å². The number of benzene rings is 1. The second-order valence-corrected chi connectivity index (χ2v) is 14.5. The Labute approximate surface area is 317 Å². The number of phosphoric acid groups is 1. The summed E-state index contributed by atoms with van der Waals surface area (Å²) in [5, 5.41) is 90.7. The van der Waals surface area contributed by atoms with Crippen LogP contribution in [-0.2, 0) is 43.9 Å². The largest absolute Gasteiger partial charge is 0.550 e. The lowest BCUT2D eigenvalue weighted by Crippen LogP contribution is -2.58. The van der Waals surface area contributed by atoms with E-state index in [0.717, 1.165) is 0 Å². The van der Waals surface area contributed by atoms with Gasteiger partial charge in [0.2, 0.25) is 12.4 Å². The van der Waals surface area contributed by atoms with Crippen LogP contribution in [0.3, 0.4) is 0 Å². The minimum Gasteiger partial charge on any atom is -0.550 e. The molecular formula is C31H43N6O18P-2. The minimum absolute atomic E-state index is 0.00989. The maximum absolute atomic E-state index is 12.6. The molecule has 0 bridgehead atoms. The number of aliphatic hydroxyl groups is 6. The number of rotatable bonds is 20. The van der Waals surface area contributed by atoms with Gasteiger partial charge in [0.1, 0.15) is 36.6 Å². The molecule has 1 amide bonds. The third-order valence-electron chi connectivity index (χ3n) is 8.95. The lowest BCUT2D eigenvalue weighted by Gasteiger charge is -2.42. The number of nitrogens with zero attached hydrogens (tertiary/aromatic N) is 2. The summed E-state index contributed by atoms with van der Waals surface area (Å²) in [7, 11) is -5.24. The molecule has 12 N–H and O–H groups in total. The number of nitrogen functional groups attached to an aromatic ring is 1. The number of aromatic nitrogens is 2. The van der Waals surface area contributed by atoms with Gasteiger partial charge in [-0.1, -0.05) is 12.1 Å². The third kappa shape index (κ3) is 11.0. The van der Waals surface area contributed by atoms with E-state index in [-0.39, 0.29) is 29.9 Å². The van der Waals surface area contributed by atoms with E-state index >= 15 is 0 Å². The molecule has 2 aliphatic heterocycles. The van der Waals surface area contributed by atoms with Crippen molar-refractivity contribution in [3.05, 3.63) is 40.2 Å². The zero-order valence-electron chi connectivity index (χ0n) is 29.7. The van der Waals surface area contributed by atoms with Gasteiger partial charge in [0.05, 0.1) is 24.7 Å². The standard InChI is InChI=1S/C31H45N6O18P/c1-12(20-13(2)34-26-21(37(20)11-38)27(46)36-31(32)35-26)33-15-5-3-14(4-6-15)9-16(39)22(42)24(44)29(49)54-30-25(45)23(43)18(53-30)10-52-56(50,51)55-17(28(47)48)7-8-19(40)41/h3-6,11-13,16-18,20,22-25,29-30,33,39,42-45,49H,7-10H2,1-2H3,(H,40,41)(H,47,48)(H,50,51)(H4,32,34,35,36,46)/p-2/t12?,13?,16?,17?,18-,20?,22?,23-,24?,25-,29?,30-/m1/s1. The molecule has 0 spiro atoms. The van der Waals surface area contributed by atoms with Crippen LogP contribution in [0.5, 0.6) is 0 Å². The molecule has 13 atom stereocenters. The number of anilines is 4. The Morgan fingerprint density at radius 1 is 1.14 bits per heavy atom. The summed E-state index contributed by atoms with van der Waals surface area (Å²) in [4.78, 5) is 64.0. The van der Waals surface area contributed by atoms with E-state index in [0.29, 0.717) is 17.7 Å². The van der Waals surface area contributed by atoms with Crippen LogP contribution < -0.4 is 37.0 Å². The van der Waals surface area contributed by atoms with E-state index in [9.17, 15) is 69.5 Å². The zero-order valence-corrected chi connectivity index (χ0v) is 30.6. The molecule has 1 aromatic heterocycles. The van der Waals surface area contributed by atoms with Crippen LogP contribution in [-0.4, -0.2) is 144 Å². The van der Waals surface area contributed by atoms with E-state index in [2.05, 4.69) is 29.6 Å². The maximum Gasteiger partial charge on any atom is 0.472 e. The number of carbonyl (C=O) groups excluding carboxylic acids is 3. The zero-order chi connectivity index (χ0) is 41.6. The SMILES string of the molecule is CC(Nc1ccc(CC(O)C(O)C(O)C(O)O[C@H]2O[C@H](COP(=O)(O)OC(CCC(=O)[O-])C(=O)[O-])[C@@H](O)[C@H]2O)cc1)C1C(C)Nc2nc(N)[nH]c(=O)c2N1C=O. The average Bonchev–Trinajstić information content (AvgIpc) is 3.39. The summed E-state index contributed by atoms with van der Waals surface area (Å²) < 4.78 is 31.4. The Bertz CT molecular complexity index is 1790. The number of nitrogens with one attached hydrogen (secondary N) is 3. The van der Waals surface area contributed by atoms with Crippen molar-refractivity contribution in [2.24, 2.45) is 0 Å². The first-order valence-corrected chi connectivity index (χ1v) is 18.4. The van der Waals surface area contributed by atoms with Gasteiger partial charge in [0.25, 0.3) is 5.56 Å². The van der Waals surface area contributed by atoms with Crippen molar-refractivity contribution in [1.29, 1.82) is 0 Å². The number of nitrogens with two attached hydrogens (primary N) is 1. The van der Waals surface area contributed by atoms with Gasteiger partial charge in [0.15, 0.2) is 24.1 Å². The smallest absolute Gasteiger partial charge is 0.472 e. The molecule has 0 aliphatic carbocycles. The van der Waals surface area contributed by atoms with E-state index in [1.54, 1.807) is 38.1 Å². The van der Waals surface area contributed by atoms with Crippen molar-refractivity contribution in [2.75, 3.05) is 27.9 Å². The molecule has 312 valence electrons. The number of fused-ring (bicyclic) bond motifs is 1. The molecular weight excluding hydrogens is 775 g/mol. The Kier molecular flexibility index (Phi) is 14.9. The van der Waals surface area contributed by atoms with Gasteiger partial charge < -0.3 is 81.2 Å². The molecule has 1 fully saturated rings. The van der Waals surface area contributed by atoms with E-state index in [1.807, 2.05) is 0 Å². The number of H-pyrrole nitrogens is 1. The number of ether oxygens (including phenoxy) is 2. The van der Waals surface area contributed by atoms with Crippen LogP contribution in [0, 0.1) is 0 Å². The minimum atomic E-state index is -5.24. The Hall–Kier alpha value is -4.30. The number of hydrogen-bond acceptors (Lipinski definition) is 21. The Morgan fingerprint density at radius 3 is 2.41 bits per heavy atom. The van der Waals surface area contributed by atoms with Crippen LogP contribution in [0.4, 0.5) is 23.1 Å². The second-order valence-electron chi connectivity index (χ2n) is 13.1. The third-order valence-corrected chi connectivity index (χ3v) is 9.95. The predicted molar refractivity (Wildman–Crippen MR) is 184 cm³/mol. The number of aliphatic hydroxyl groups excluding tert-OH is 6. The monoisotopic (exact) mass is 818 g/mol. The second kappa shape index (κ2) is 18.8. The number of hydrogen-bond donors (Lipinski definition) is 11. The number of carboxylic acids is 2. The molecule has 2 aliphatic rings. The van der Waals surface area contributed by atoms with Crippen LogP contribution >= 0.6 is 7.82 Å². The fourth-order valence-electron chi connectivity index (χ4n) is 6.16. The van der Waals surface area contributed by atoms with E-state index < -0.39 is 112 Å². The average molecular weight is 819 g/mol. The highest BCUT2D eigenvalue weighted by Gasteiger charge is 2.47. The first-order chi connectivity index (χ1) is 26.2. The summed E-state index contributed by atoms with van der Waals surface area (Å²) in [6.07, 6.45) is -19.3. The molecule has 4 rings (SSSR count). The first-order valence-electron chi connectivity index (χ1n) is 16.9. The van der Waals surface area contributed by atoms with Crippen molar-refractivity contribution >= 4 is 49.3 Å². The van der Waals surface area contributed by atoms with Gasteiger partial charge in [-0.2, -0.15) is 4.98 Å². The van der Waals surface area contributed by atoms with Gasteiger partial charge in [0, 0.05) is 30.2 Å². The number of carboxylic acid groups (broad SMARTS) is 2. The summed E-state index contributed by atoms with van der Waals surface area (Å²) in [5.74, 6) is -3.66. The molecule has 25 heteroatoms. The fourth-order valence-corrected chi connectivity index (χ4v) is 7.07. The van der Waals surface area contributed by atoms with Gasteiger partial charge in [-0.25, -0.2) is 4.57 Å². The van der Waals surface area contributed by atoms with E-state index in [4.69, 9.17) is 15.2 Å². The lowest BCUT2D eigenvalue weighted by molar-refractivity contribution is -0.315. The Balaban J connectivity index is 1.28. The van der Waals surface area contributed by atoms with Crippen molar-refractivity contribution < 1.29 is 83.2 Å². The van der Waals surface area contributed by atoms with Crippen LogP contribution in [0.1, 0.15) is 32.3 Å². The Morgan fingerprint density at radius 2 is 1.80 bits per heavy atom. The molecule has 0 radical (unpaired) electrons. The van der Waals surface area contributed by atoms with Crippen molar-refractivity contribution in [3.8, 4) is 0 Å². The molecule has 2 aromatic rings. The number of aliphatic carboxylic acids is 2. The van der Waals surface area contributed by atoms with E-state index in [1.165, 1.54) is 4.90 Å². The topological polar surface area (TPSA) is 392 Å². The van der Waals surface area contributed by atoms with Crippen LogP contribution in [0.25, 0.3) is 0 Å². The number of aromatic amines is 1. The van der Waals surface area contributed by atoms with Gasteiger partial charge >= 0.3 is 7.82 Å². The first kappa shape index (κ1) is 44.4. The summed E-state index contributed by atoms with van der Waals surface area (Å²) in [6, 6.07) is 5.11. The normalized spacial score (nSPS) is 26.4. The van der Waals surface area contributed by atoms with Crippen LogP contribution in [0.2, 0.25) is 0 Å². The summed E-state index contributed by atoms with van der Waals surface area (Å²) in [6.45, 7) is 2.56. The highest BCUT2D eigenvalue weighted by Crippen LogP contribution is 2.46. The van der Waals surface area contributed by atoms with Crippen molar-refractivity contribution in [1.82, 2.24) is 9.97 Å². The molecule has 9 unspecified atom stereocenters. The quantitative estimate of drug-likeness (QED) is 0.0337. The van der Waals surface area contributed by atoms with Gasteiger partial charge in [-0.05, 0) is 44.4 Å². The molecule has 56 heavy (non-hydrogen) atoms. The molecule has 24 nitrogen and oxygen atoms in total. The molecule has 1 saturated heterocycles. The highest BCUT2D eigenvalue weighted by molar-refractivity contribution is 7.47. The molecule has 3 heterocycles. The summed E-state index contributed by atoms with van der Waals surface area (Å²) in [5.41, 5.74) is 6.10. The fraction of sp³-hybridized carbons (Fsp3) is 0.581. The highest BCUT2D eigenvalue weighted by atomic mass is 31.2. The predicted octanol–water partition coefficient (Wildman–Crippen LogP) is -5.81. The van der Waals surface area contributed by atoms with Crippen molar-refractivity contribution in [3.63, 3.8) is 0 Å². The molecule has 1 aromatic carbocycles. The molecule has 0 saturated carbocycles. The number of carbonyl (C=O) groups is 3. The summed E-state index contributed by atoms with van der Waals surface area (Å²) >= 11 is 0. The van der Waals surface area contributed by atoms with Gasteiger partial charge in [-0.3, -0.25) is 28.5 Å². The van der Waals surface area contributed by atoms with Crippen LogP contribution in [0.15, 0.2) is 29.1 Å². The lowest BCUT2D eigenvalue weighted by atomic mass is 9.97.